The van der Waals surface area contributed by atoms with Crippen LogP contribution in [0.25, 0.3) is 21.6 Å². The van der Waals surface area contributed by atoms with E-state index in [1.165, 1.54) is 0 Å². The van der Waals surface area contributed by atoms with Crippen molar-refractivity contribution in [3.05, 3.63) is 64.5 Å². The van der Waals surface area contributed by atoms with Crippen molar-refractivity contribution in [3.8, 4) is 10.7 Å². The van der Waals surface area contributed by atoms with Crippen molar-refractivity contribution in [3.63, 3.8) is 0 Å². The zero-order chi connectivity index (χ0) is 17.2. The summed E-state index contributed by atoms with van der Waals surface area (Å²) in [4.78, 5) is 17.6. The lowest BCUT2D eigenvalue weighted by molar-refractivity contribution is 1.05. The number of thiazole rings is 1. The Morgan fingerprint density at radius 1 is 1.16 bits per heavy atom. The number of hydrogen-bond acceptors (Lipinski definition) is 6. The maximum absolute atomic E-state index is 6.08. The molecule has 3 heterocycles. The fraction of sp³-hybridized carbons (Fsp3) is 0.111. The number of benzene rings is 1. The molecule has 1 aromatic carbocycles. The number of hydrogen-bond donors (Lipinski definition) is 1. The summed E-state index contributed by atoms with van der Waals surface area (Å²) in [6, 6.07) is 7.79. The fourth-order valence-corrected chi connectivity index (χ4v) is 3.51. The first-order chi connectivity index (χ1) is 12.2. The second kappa shape index (κ2) is 6.74. The minimum absolute atomic E-state index is 0.593. The molecule has 3 aromatic heterocycles. The van der Waals surface area contributed by atoms with Gasteiger partial charge in [0.05, 0.1) is 24.0 Å². The molecule has 124 valence electrons. The molecule has 5 nitrogen and oxygen atoms in total. The Balaban J connectivity index is 1.54. The summed E-state index contributed by atoms with van der Waals surface area (Å²) in [5, 5.41) is 8.00. The first kappa shape index (κ1) is 15.9. The average Bonchev–Trinajstić information content (AvgIpc) is 3.09. The highest BCUT2D eigenvalue weighted by atomic mass is 35.5. The third-order valence-electron chi connectivity index (χ3n) is 3.76. The van der Waals surface area contributed by atoms with E-state index >= 15 is 0 Å². The Kier molecular flexibility index (Phi) is 4.29. The van der Waals surface area contributed by atoms with Gasteiger partial charge in [-0.2, -0.15) is 0 Å². The van der Waals surface area contributed by atoms with E-state index in [9.17, 15) is 0 Å². The molecular weight excluding hydrogens is 354 g/mol. The van der Waals surface area contributed by atoms with Gasteiger partial charge < -0.3 is 5.32 Å². The largest absolute Gasteiger partial charge is 0.364 e. The van der Waals surface area contributed by atoms with E-state index in [2.05, 4.69) is 32.2 Å². The van der Waals surface area contributed by atoms with Crippen molar-refractivity contribution < 1.29 is 0 Å². The molecule has 0 aliphatic heterocycles. The van der Waals surface area contributed by atoms with E-state index in [-0.39, 0.29) is 0 Å². The van der Waals surface area contributed by atoms with Gasteiger partial charge in [0.15, 0.2) is 0 Å². The fourth-order valence-electron chi connectivity index (χ4n) is 2.56. The summed E-state index contributed by atoms with van der Waals surface area (Å²) in [6.45, 7) is 2.66. The molecule has 0 aliphatic carbocycles. The maximum Gasteiger partial charge on any atom is 0.143 e. The second-order valence-electron chi connectivity index (χ2n) is 5.57. The Morgan fingerprint density at radius 3 is 2.92 bits per heavy atom. The zero-order valence-corrected chi connectivity index (χ0v) is 15.0. The number of aromatic nitrogens is 4. The van der Waals surface area contributed by atoms with Gasteiger partial charge in [0.2, 0.25) is 0 Å². The standard InChI is InChI=1S/C18H14ClN5S/c1-11-6-17(24-15-7-12(19)2-3-14(11)15)22-8-13-10-25-18(23-13)16-9-20-4-5-21-16/h2-7,9-10H,8H2,1H3,(H,22,24). The van der Waals surface area contributed by atoms with Crippen LogP contribution in [0.5, 0.6) is 0 Å². The first-order valence-electron chi connectivity index (χ1n) is 7.70. The van der Waals surface area contributed by atoms with Crippen LogP contribution in [-0.4, -0.2) is 19.9 Å². The lowest BCUT2D eigenvalue weighted by Crippen LogP contribution is -2.02. The van der Waals surface area contributed by atoms with E-state index in [4.69, 9.17) is 11.6 Å². The lowest BCUT2D eigenvalue weighted by Gasteiger charge is -2.08. The van der Waals surface area contributed by atoms with Crippen molar-refractivity contribution in [2.45, 2.75) is 13.5 Å². The van der Waals surface area contributed by atoms with E-state index in [1.54, 1.807) is 29.9 Å². The normalized spacial score (nSPS) is 11.0. The number of halogens is 1. The number of aryl methyl sites for hydroxylation is 1. The molecule has 0 atom stereocenters. The van der Waals surface area contributed by atoms with Crippen molar-refractivity contribution in [2.24, 2.45) is 0 Å². The van der Waals surface area contributed by atoms with Crippen LogP contribution in [0, 0.1) is 6.92 Å². The van der Waals surface area contributed by atoms with E-state index in [0.29, 0.717) is 11.6 Å². The molecule has 0 bridgehead atoms. The van der Waals surface area contributed by atoms with Crippen LogP contribution in [0.4, 0.5) is 5.82 Å². The molecular formula is C18H14ClN5S. The van der Waals surface area contributed by atoms with Crippen LogP contribution < -0.4 is 5.32 Å². The number of nitrogens with zero attached hydrogens (tertiary/aromatic N) is 4. The van der Waals surface area contributed by atoms with Gasteiger partial charge in [0.25, 0.3) is 0 Å². The smallest absolute Gasteiger partial charge is 0.143 e. The molecule has 4 rings (SSSR count). The molecule has 1 N–H and O–H groups in total. The Bertz CT molecular complexity index is 1030. The third-order valence-corrected chi connectivity index (χ3v) is 4.91. The van der Waals surface area contributed by atoms with E-state index in [0.717, 1.165) is 38.7 Å². The number of fused-ring (bicyclic) bond motifs is 1. The van der Waals surface area contributed by atoms with Crippen molar-refractivity contribution in [2.75, 3.05) is 5.32 Å². The first-order valence-corrected chi connectivity index (χ1v) is 8.96. The van der Waals surface area contributed by atoms with Gasteiger partial charge in [-0.05, 0) is 30.7 Å². The third kappa shape index (κ3) is 3.45. The lowest BCUT2D eigenvalue weighted by atomic mass is 10.1. The quantitative estimate of drug-likeness (QED) is 0.565. The highest BCUT2D eigenvalue weighted by Crippen LogP contribution is 2.24. The summed E-state index contributed by atoms with van der Waals surface area (Å²) in [5.74, 6) is 0.807. The molecule has 0 saturated heterocycles. The van der Waals surface area contributed by atoms with Gasteiger partial charge in [-0.1, -0.05) is 17.7 Å². The minimum Gasteiger partial charge on any atom is -0.364 e. The molecule has 0 radical (unpaired) electrons. The molecule has 0 fully saturated rings. The second-order valence-corrected chi connectivity index (χ2v) is 6.87. The monoisotopic (exact) mass is 367 g/mol. The van der Waals surface area contributed by atoms with E-state index in [1.807, 2.05) is 29.6 Å². The highest BCUT2D eigenvalue weighted by Gasteiger charge is 2.07. The minimum atomic E-state index is 0.593. The van der Waals surface area contributed by atoms with Gasteiger partial charge >= 0.3 is 0 Å². The number of pyridine rings is 1. The van der Waals surface area contributed by atoms with Gasteiger partial charge in [0, 0.05) is 28.2 Å². The molecule has 0 amide bonds. The Hall–Kier alpha value is -2.57. The topological polar surface area (TPSA) is 63.6 Å². The van der Waals surface area contributed by atoms with Crippen LogP contribution >= 0.6 is 22.9 Å². The van der Waals surface area contributed by atoms with Crippen molar-refractivity contribution >= 4 is 39.7 Å². The predicted octanol–water partition coefficient (Wildman–Crippen LogP) is 4.72. The predicted molar refractivity (Wildman–Crippen MR) is 102 cm³/mol. The van der Waals surface area contributed by atoms with Crippen LogP contribution in [0.3, 0.4) is 0 Å². The molecule has 0 spiro atoms. The molecule has 0 saturated carbocycles. The molecule has 7 heteroatoms. The molecule has 25 heavy (non-hydrogen) atoms. The van der Waals surface area contributed by atoms with Crippen molar-refractivity contribution in [1.82, 2.24) is 19.9 Å². The molecule has 0 aliphatic rings. The summed E-state index contributed by atoms with van der Waals surface area (Å²) >= 11 is 7.63. The SMILES string of the molecule is Cc1cc(NCc2csc(-c3cnccn3)n2)nc2cc(Cl)ccc12. The number of anilines is 1. The average molecular weight is 368 g/mol. The number of rotatable bonds is 4. The highest BCUT2D eigenvalue weighted by molar-refractivity contribution is 7.13. The Labute approximate surface area is 153 Å². The van der Waals surface area contributed by atoms with Gasteiger partial charge in [-0.25, -0.2) is 9.97 Å². The van der Waals surface area contributed by atoms with Crippen LogP contribution in [0.15, 0.2) is 48.2 Å². The van der Waals surface area contributed by atoms with Crippen LogP contribution in [-0.2, 0) is 6.54 Å². The molecule has 0 unspecified atom stereocenters. The van der Waals surface area contributed by atoms with Gasteiger partial charge in [-0.3, -0.25) is 9.97 Å². The van der Waals surface area contributed by atoms with Crippen molar-refractivity contribution in [1.29, 1.82) is 0 Å². The maximum atomic E-state index is 6.08. The summed E-state index contributed by atoms with van der Waals surface area (Å²) < 4.78 is 0. The summed E-state index contributed by atoms with van der Waals surface area (Å²) in [6.07, 6.45) is 5.04. The van der Waals surface area contributed by atoms with Crippen LogP contribution in [0.2, 0.25) is 5.02 Å². The van der Waals surface area contributed by atoms with Gasteiger partial charge in [-0.15, -0.1) is 11.3 Å². The van der Waals surface area contributed by atoms with E-state index < -0.39 is 0 Å². The Morgan fingerprint density at radius 2 is 2.08 bits per heavy atom. The summed E-state index contributed by atoms with van der Waals surface area (Å²) in [7, 11) is 0. The van der Waals surface area contributed by atoms with Gasteiger partial charge in [0.1, 0.15) is 16.5 Å². The summed E-state index contributed by atoms with van der Waals surface area (Å²) in [5.41, 5.74) is 3.76. The zero-order valence-electron chi connectivity index (χ0n) is 13.4. The number of nitrogens with one attached hydrogen (secondary N) is 1. The van der Waals surface area contributed by atoms with Crippen LogP contribution in [0.1, 0.15) is 11.3 Å². The molecule has 4 aromatic rings.